The van der Waals surface area contributed by atoms with Gasteiger partial charge < -0.3 is 14.0 Å². The standard InChI is InChI=1S/C28H39N5.C27H37N5/c1-7-26-30-27-21(4)17-22(5)29-28(27)33(26)18-24-12-10-23(11-13-24)9-8-14-32-16-15-31(6)19-25(32)20(2)3;1-6-25-29-26-20(3)17-21(4)28-27(26)32(25)19-24-12-10-23(11-13-24)9-8-14-30-15-16-31(7-2)22(5)18-30/h8-13,17,20,25H,7,14-16,18-19H2,1-6H3;8-13,17,22H,6-7,14-16,18-19H2,1-5H3. The van der Waals surface area contributed by atoms with E-state index in [9.17, 15) is 0 Å². The maximum Gasteiger partial charge on any atom is 0.160 e. The third-order valence-electron chi connectivity index (χ3n) is 13.6. The molecule has 6 heterocycles. The number of hydrogen-bond donors (Lipinski definition) is 0. The van der Waals surface area contributed by atoms with E-state index >= 15 is 0 Å². The van der Waals surface area contributed by atoms with Gasteiger partial charge in [-0.1, -0.05) is 107 Å². The van der Waals surface area contributed by atoms with Crippen LogP contribution in [0.5, 0.6) is 0 Å². The summed E-state index contributed by atoms with van der Waals surface area (Å²) < 4.78 is 4.55. The zero-order valence-corrected chi connectivity index (χ0v) is 41.5. The van der Waals surface area contributed by atoms with Crippen LogP contribution in [-0.2, 0) is 25.9 Å². The second-order valence-electron chi connectivity index (χ2n) is 19.0. The Morgan fingerprint density at radius 3 is 1.57 bits per heavy atom. The highest BCUT2D eigenvalue weighted by molar-refractivity contribution is 5.77. The molecule has 10 heteroatoms. The number of imidazole rings is 2. The molecule has 2 unspecified atom stereocenters. The zero-order valence-electron chi connectivity index (χ0n) is 41.5. The van der Waals surface area contributed by atoms with Crippen LogP contribution in [0, 0.1) is 33.6 Å². The molecule has 2 atom stereocenters. The van der Waals surface area contributed by atoms with Crippen molar-refractivity contribution >= 4 is 34.5 Å². The van der Waals surface area contributed by atoms with E-state index in [0.717, 1.165) is 124 Å². The van der Waals surface area contributed by atoms with E-state index in [2.05, 4.69) is 190 Å². The van der Waals surface area contributed by atoms with Gasteiger partial charge in [-0.3, -0.25) is 14.7 Å². The molecule has 8 rings (SSSR count). The van der Waals surface area contributed by atoms with Gasteiger partial charge >= 0.3 is 0 Å². The molecule has 2 aliphatic heterocycles. The fourth-order valence-electron chi connectivity index (χ4n) is 9.82. The molecule has 0 radical (unpaired) electrons. The molecule has 6 aromatic rings. The van der Waals surface area contributed by atoms with Gasteiger partial charge in [0.05, 0.1) is 13.1 Å². The number of fused-ring (bicyclic) bond motifs is 2. The zero-order chi connectivity index (χ0) is 46.2. The third kappa shape index (κ3) is 11.9. The van der Waals surface area contributed by atoms with E-state index in [4.69, 9.17) is 19.9 Å². The minimum absolute atomic E-state index is 0.634. The first kappa shape index (κ1) is 47.9. The highest BCUT2D eigenvalue weighted by atomic mass is 15.3. The molecule has 2 saturated heterocycles. The average molecular weight is 877 g/mol. The molecule has 346 valence electrons. The van der Waals surface area contributed by atoms with Crippen LogP contribution >= 0.6 is 0 Å². The lowest BCUT2D eigenvalue weighted by atomic mass is 10.00. The summed E-state index contributed by atoms with van der Waals surface area (Å²) in [7, 11) is 2.23. The first-order valence-corrected chi connectivity index (χ1v) is 24.4. The van der Waals surface area contributed by atoms with Gasteiger partial charge in [-0.05, 0) is 99.6 Å². The van der Waals surface area contributed by atoms with Crippen LogP contribution in [0.1, 0.15) is 98.0 Å². The van der Waals surface area contributed by atoms with E-state index in [1.54, 1.807) is 0 Å². The number of aryl methyl sites for hydroxylation is 6. The minimum Gasteiger partial charge on any atom is -0.308 e. The first-order valence-electron chi connectivity index (χ1n) is 24.4. The van der Waals surface area contributed by atoms with Gasteiger partial charge in [-0.2, -0.15) is 0 Å². The summed E-state index contributed by atoms with van der Waals surface area (Å²) in [6.07, 6.45) is 10.9. The van der Waals surface area contributed by atoms with Crippen molar-refractivity contribution in [3.05, 3.63) is 129 Å². The average Bonchev–Trinajstić information content (AvgIpc) is 3.82. The monoisotopic (exact) mass is 877 g/mol. The molecule has 2 fully saturated rings. The molecule has 2 aromatic carbocycles. The number of pyridine rings is 2. The Bertz CT molecular complexity index is 2540. The molecule has 0 N–H and O–H groups in total. The van der Waals surface area contributed by atoms with Crippen molar-refractivity contribution in [2.24, 2.45) is 5.92 Å². The second-order valence-corrected chi connectivity index (χ2v) is 19.0. The van der Waals surface area contributed by atoms with Crippen molar-refractivity contribution in [3.63, 3.8) is 0 Å². The molecular formula is C55H76N10. The summed E-state index contributed by atoms with van der Waals surface area (Å²) in [4.78, 5) is 29.5. The lowest BCUT2D eigenvalue weighted by molar-refractivity contribution is 0.0733. The smallest absolute Gasteiger partial charge is 0.160 e. The van der Waals surface area contributed by atoms with E-state index in [1.807, 2.05) is 0 Å². The van der Waals surface area contributed by atoms with Gasteiger partial charge in [-0.25, -0.2) is 19.9 Å². The quantitative estimate of drug-likeness (QED) is 0.107. The van der Waals surface area contributed by atoms with Gasteiger partial charge in [0.1, 0.15) is 22.7 Å². The topological polar surface area (TPSA) is 74.4 Å². The molecular weight excluding hydrogens is 801 g/mol. The Hall–Kier alpha value is -5.00. The Balaban J connectivity index is 0.000000194. The number of aromatic nitrogens is 6. The van der Waals surface area contributed by atoms with Crippen LogP contribution in [-0.4, -0.2) is 127 Å². The van der Waals surface area contributed by atoms with Crippen molar-refractivity contribution in [1.29, 1.82) is 0 Å². The Labute approximate surface area is 390 Å². The number of benzene rings is 2. The minimum atomic E-state index is 0.634. The predicted octanol–water partition coefficient (Wildman–Crippen LogP) is 9.64. The molecule has 65 heavy (non-hydrogen) atoms. The Kier molecular flexibility index (Phi) is 16.2. The predicted molar refractivity (Wildman–Crippen MR) is 273 cm³/mol. The third-order valence-corrected chi connectivity index (χ3v) is 13.6. The van der Waals surface area contributed by atoms with Crippen LogP contribution < -0.4 is 0 Å². The summed E-state index contributed by atoms with van der Waals surface area (Å²) in [6.45, 7) is 33.7. The van der Waals surface area contributed by atoms with Crippen molar-refractivity contribution in [3.8, 4) is 0 Å². The van der Waals surface area contributed by atoms with Gasteiger partial charge in [-0.15, -0.1) is 0 Å². The van der Waals surface area contributed by atoms with Crippen LogP contribution in [0.25, 0.3) is 34.5 Å². The lowest BCUT2D eigenvalue weighted by Crippen LogP contribution is -2.53. The molecule has 4 aromatic heterocycles. The van der Waals surface area contributed by atoms with E-state index < -0.39 is 0 Å². The summed E-state index contributed by atoms with van der Waals surface area (Å²) >= 11 is 0. The van der Waals surface area contributed by atoms with Crippen LogP contribution in [0.2, 0.25) is 0 Å². The second kappa shape index (κ2) is 22.0. The maximum absolute atomic E-state index is 4.88. The lowest BCUT2D eigenvalue weighted by Gasteiger charge is -2.41. The highest BCUT2D eigenvalue weighted by Gasteiger charge is 2.27. The first-order chi connectivity index (χ1) is 31.3. The maximum atomic E-state index is 4.88. The van der Waals surface area contributed by atoms with E-state index in [1.165, 1.54) is 39.9 Å². The summed E-state index contributed by atoms with van der Waals surface area (Å²) in [5.41, 5.74) is 13.6. The molecule has 0 spiro atoms. The summed E-state index contributed by atoms with van der Waals surface area (Å²) in [6, 6.07) is 23.3. The number of piperazine rings is 2. The number of hydrogen-bond acceptors (Lipinski definition) is 8. The van der Waals surface area contributed by atoms with Crippen molar-refractivity contribution in [2.75, 3.05) is 66.0 Å². The number of rotatable bonds is 14. The molecule has 0 amide bonds. The number of nitrogens with zero attached hydrogens (tertiary/aromatic N) is 10. The largest absolute Gasteiger partial charge is 0.308 e. The molecule has 0 bridgehead atoms. The molecule has 0 aliphatic carbocycles. The fraction of sp³-hybridized carbons (Fsp3) is 0.491. The van der Waals surface area contributed by atoms with E-state index in [0.29, 0.717) is 18.0 Å². The van der Waals surface area contributed by atoms with Crippen molar-refractivity contribution < 1.29 is 0 Å². The Morgan fingerprint density at radius 2 is 1.11 bits per heavy atom. The van der Waals surface area contributed by atoms with E-state index in [-0.39, 0.29) is 0 Å². The Morgan fingerprint density at radius 1 is 0.615 bits per heavy atom. The summed E-state index contributed by atoms with van der Waals surface area (Å²) in [5, 5.41) is 0. The molecule has 0 saturated carbocycles. The molecule has 10 nitrogen and oxygen atoms in total. The van der Waals surface area contributed by atoms with Gasteiger partial charge in [0.25, 0.3) is 0 Å². The highest BCUT2D eigenvalue weighted by Crippen LogP contribution is 2.24. The van der Waals surface area contributed by atoms with Crippen LogP contribution in [0.4, 0.5) is 0 Å². The summed E-state index contributed by atoms with van der Waals surface area (Å²) in [5.74, 6) is 2.87. The van der Waals surface area contributed by atoms with Crippen molar-refractivity contribution in [1.82, 2.24) is 48.7 Å². The number of likely N-dealkylation sites (N-methyl/N-ethyl adjacent to an activating group) is 2. The van der Waals surface area contributed by atoms with Gasteiger partial charge in [0.2, 0.25) is 0 Å². The normalized spacial score (nSPS) is 18.2. The SMILES string of the molecule is CCc1nc2c(C)cc(C)nc2n1Cc1ccc(C=CCN2CCN(C)CC2C(C)C)cc1.CCc1nc2c(C)cc(C)nc2n1Cc1ccc(C=CCN2CCN(CC)C(C)C2)cc1. The van der Waals surface area contributed by atoms with Gasteiger partial charge in [0.15, 0.2) is 11.3 Å². The molecule has 2 aliphatic rings. The van der Waals surface area contributed by atoms with Crippen molar-refractivity contribution in [2.45, 2.75) is 107 Å². The van der Waals surface area contributed by atoms with Gasteiger partial charge in [0, 0.05) is 88.7 Å². The van der Waals surface area contributed by atoms with Crippen LogP contribution in [0.3, 0.4) is 0 Å². The fourth-order valence-corrected chi connectivity index (χ4v) is 9.82. The van der Waals surface area contributed by atoms with Crippen LogP contribution in [0.15, 0.2) is 72.8 Å².